The lowest BCUT2D eigenvalue weighted by Gasteiger charge is -2.10. The number of aliphatic imine (C=N–C) groups is 1. The van der Waals surface area contributed by atoms with Crippen molar-refractivity contribution >= 4 is 44.9 Å². The van der Waals surface area contributed by atoms with Crippen LogP contribution in [0.25, 0.3) is 0 Å². The fourth-order valence-corrected chi connectivity index (χ4v) is 3.30. The second-order valence-electron chi connectivity index (χ2n) is 6.11. The Morgan fingerprint density at radius 2 is 1.90 bits per heavy atom. The van der Waals surface area contributed by atoms with Gasteiger partial charge in [0.2, 0.25) is 10.0 Å². The van der Waals surface area contributed by atoms with Crippen LogP contribution in [0.3, 0.4) is 0 Å². The summed E-state index contributed by atoms with van der Waals surface area (Å²) < 4.78 is 52.2. The first-order valence-corrected chi connectivity index (χ1v) is 10.1. The highest BCUT2D eigenvalue weighted by atomic mass is 35.5. The first-order chi connectivity index (χ1) is 13.6. The molecule has 0 aliphatic heterocycles. The highest BCUT2D eigenvalue weighted by Crippen LogP contribution is 2.27. The van der Waals surface area contributed by atoms with Crippen LogP contribution < -0.4 is 10.5 Å². The van der Waals surface area contributed by atoms with Crippen molar-refractivity contribution in [2.75, 3.05) is 5.32 Å². The molecule has 29 heavy (non-hydrogen) atoms. The topological polar surface area (TPSA) is 97.4 Å². The van der Waals surface area contributed by atoms with Crippen molar-refractivity contribution in [3.8, 4) is 0 Å². The lowest BCUT2D eigenvalue weighted by Crippen LogP contribution is -2.12. The van der Waals surface area contributed by atoms with Gasteiger partial charge in [-0.05, 0) is 42.8 Å². The van der Waals surface area contributed by atoms with Gasteiger partial charge in [0.05, 0.1) is 23.3 Å². The molecule has 0 amide bonds. The van der Waals surface area contributed by atoms with Gasteiger partial charge < -0.3 is 5.32 Å². The maximum atomic E-state index is 14.8. The standard InChI is InChI=1S/C19H15ClF2N4O2S/c1-11-2-5-18(29(23,27)28)16(6-11)25-9-12-8-24-10-17(19(12)22)26-15-4-3-13(20)7-14(15)21/h2-10,26H,1H3,(H2,23,27,28). The van der Waals surface area contributed by atoms with Crippen LogP contribution in [-0.2, 0) is 10.0 Å². The second-order valence-corrected chi connectivity index (χ2v) is 8.08. The molecule has 0 spiro atoms. The van der Waals surface area contributed by atoms with Crippen molar-refractivity contribution < 1.29 is 17.2 Å². The Balaban J connectivity index is 1.96. The van der Waals surface area contributed by atoms with E-state index < -0.39 is 21.7 Å². The number of halogens is 3. The molecule has 0 fully saturated rings. The first kappa shape index (κ1) is 20.8. The molecule has 0 atom stereocenters. The summed E-state index contributed by atoms with van der Waals surface area (Å²) in [7, 11) is -4.01. The van der Waals surface area contributed by atoms with Gasteiger partial charge in [0.25, 0.3) is 0 Å². The van der Waals surface area contributed by atoms with Crippen LogP contribution in [0.15, 0.2) is 58.7 Å². The number of primary sulfonamides is 1. The zero-order valence-electron chi connectivity index (χ0n) is 15.0. The van der Waals surface area contributed by atoms with E-state index in [0.29, 0.717) is 0 Å². The van der Waals surface area contributed by atoms with Crippen molar-refractivity contribution in [1.82, 2.24) is 4.98 Å². The Morgan fingerprint density at radius 3 is 2.59 bits per heavy atom. The summed E-state index contributed by atoms with van der Waals surface area (Å²) in [5.41, 5.74) is 0.697. The molecule has 3 rings (SSSR count). The van der Waals surface area contributed by atoms with Crippen molar-refractivity contribution in [2.24, 2.45) is 10.1 Å². The molecule has 3 aromatic rings. The van der Waals surface area contributed by atoms with E-state index in [9.17, 15) is 17.2 Å². The van der Waals surface area contributed by atoms with E-state index in [-0.39, 0.29) is 32.5 Å². The summed E-state index contributed by atoms with van der Waals surface area (Å²) in [6.45, 7) is 1.75. The number of nitrogens with one attached hydrogen (secondary N) is 1. The monoisotopic (exact) mass is 436 g/mol. The maximum Gasteiger partial charge on any atom is 0.240 e. The average Bonchev–Trinajstić information content (AvgIpc) is 2.63. The highest BCUT2D eigenvalue weighted by Gasteiger charge is 2.14. The number of sulfonamides is 1. The Hall–Kier alpha value is -2.88. The Bertz CT molecular complexity index is 1220. The van der Waals surface area contributed by atoms with Crippen molar-refractivity contribution in [2.45, 2.75) is 11.8 Å². The number of pyridine rings is 1. The smallest absolute Gasteiger partial charge is 0.240 e. The van der Waals surface area contributed by atoms with Gasteiger partial charge in [0, 0.05) is 23.0 Å². The van der Waals surface area contributed by atoms with Crippen molar-refractivity contribution in [3.05, 3.63) is 76.6 Å². The summed E-state index contributed by atoms with van der Waals surface area (Å²) >= 11 is 5.71. The van der Waals surface area contributed by atoms with Crippen molar-refractivity contribution in [3.63, 3.8) is 0 Å². The molecule has 3 N–H and O–H groups in total. The summed E-state index contributed by atoms with van der Waals surface area (Å²) in [5, 5.41) is 8.01. The number of aromatic nitrogens is 1. The van der Waals surface area contributed by atoms with E-state index in [2.05, 4.69) is 15.3 Å². The summed E-state index contributed by atoms with van der Waals surface area (Å²) in [6, 6.07) is 8.32. The van der Waals surface area contributed by atoms with Crippen molar-refractivity contribution in [1.29, 1.82) is 0 Å². The highest BCUT2D eigenvalue weighted by molar-refractivity contribution is 7.89. The van der Waals surface area contributed by atoms with Gasteiger partial charge >= 0.3 is 0 Å². The molecule has 2 aromatic carbocycles. The van der Waals surface area contributed by atoms with E-state index >= 15 is 0 Å². The first-order valence-electron chi connectivity index (χ1n) is 8.18. The Morgan fingerprint density at radius 1 is 1.14 bits per heavy atom. The minimum Gasteiger partial charge on any atom is -0.349 e. The molecule has 1 aromatic heterocycles. The van der Waals surface area contributed by atoms with E-state index in [0.717, 1.165) is 17.8 Å². The quantitative estimate of drug-likeness (QED) is 0.577. The van der Waals surface area contributed by atoms with E-state index in [1.807, 2.05) is 0 Å². The average molecular weight is 437 g/mol. The fraction of sp³-hybridized carbons (Fsp3) is 0.0526. The zero-order chi connectivity index (χ0) is 21.2. The number of benzene rings is 2. The van der Waals surface area contributed by atoms with Gasteiger partial charge in [-0.2, -0.15) is 0 Å². The molecule has 0 unspecified atom stereocenters. The van der Waals surface area contributed by atoms with Crippen LogP contribution in [-0.4, -0.2) is 19.6 Å². The molecule has 1 heterocycles. The van der Waals surface area contributed by atoms with Gasteiger partial charge in [-0.1, -0.05) is 17.7 Å². The normalized spacial score (nSPS) is 11.8. The minimum atomic E-state index is -4.01. The van der Waals surface area contributed by atoms with Crippen LogP contribution in [0.2, 0.25) is 5.02 Å². The van der Waals surface area contributed by atoms with E-state index in [1.165, 1.54) is 36.7 Å². The van der Waals surface area contributed by atoms with Crippen LogP contribution in [0, 0.1) is 18.6 Å². The largest absolute Gasteiger partial charge is 0.349 e. The molecule has 0 aliphatic rings. The lowest BCUT2D eigenvalue weighted by molar-refractivity contribution is 0.598. The molecule has 0 bridgehead atoms. The number of aryl methyl sites for hydroxylation is 1. The molecule has 150 valence electrons. The molecule has 0 radical (unpaired) electrons. The predicted molar refractivity (Wildman–Crippen MR) is 109 cm³/mol. The number of nitrogens with zero attached hydrogens (tertiary/aromatic N) is 2. The van der Waals surface area contributed by atoms with Gasteiger partial charge in [0.15, 0.2) is 5.82 Å². The van der Waals surface area contributed by atoms with E-state index in [1.54, 1.807) is 13.0 Å². The molecular formula is C19H15ClF2N4O2S. The molecule has 10 heteroatoms. The Labute approximate surface area is 171 Å². The molecular weight excluding hydrogens is 422 g/mol. The van der Waals surface area contributed by atoms with Crippen LogP contribution in [0.4, 0.5) is 25.8 Å². The number of hydrogen-bond donors (Lipinski definition) is 2. The molecule has 6 nitrogen and oxygen atoms in total. The third-order valence-corrected chi connectivity index (χ3v) is 5.06. The van der Waals surface area contributed by atoms with Gasteiger partial charge in [-0.25, -0.2) is 22.3 Å². The summed E-state index contributed by atoms with van der Waals surface area (Å²) in [5.74, 6) is -1.41. The van der Waals surface area contributed by atoms with Gasteiger partial charge in [-0.15, -0.1) is 0 Å². The summed E-state index contributed by atoms with van der Waals surface area (Å²) in [4.78, 5) is 7.77. The lowest BCUT2D eigenvalue weighted by atomic mass is 10.2. The molecule has 0 saturated heterocycles. The second kappa shape index (κ2) is 8.24. The third kappa shape index (κ3) is 4.94. The van der Waals surface area contributed by atoms with E-state index in [4.69, 9.17) is 16.7 Å². The molecule has 0 saturated carbocycles. The predicted octanol–water partition coefficient (Wildman–Crippen LogP) is 4.46. The zero-order valence-corrected chi connectivity index (χ0v) is 16.6. The van der Waals surface area contributed by atoms with Gasteiger partial charge in [-0.3, -0.25) is 9.98 Å². The van der Waals surface area contributed by atoms with Crippen LogP contribution >= 0.6 is 11.6 Å². The number of nitrogens with two attached hydrogens (primary N) is 1. The third-order valence-electron chi connectivity index (χ3n) is 3.87. The number of rotatable bonds is 5. The number of anilines is 2. The SMILES string of the molecule is Cc1ccc(S(N)(=O)=O)c(N=Cc2cncc(Nc3ccc(Cl)cc3F)c2F)c1. The van der Waals surface area contributed by atoms with Crippen LogP contribution in [0.1, 0.15) is 11.1 Å². The summed E-state index contributed by atoms with van der Waals surface area (Å²) in [6.07, 6.45) is 3.51. The minimum absolute atomic E-state index is 0.0133. The number of hydrogen-bond acceptors (Lipinski definition) is 5. The fourth-order valence-electron chi connectivity index (χ4n) is 2.48. The molecule has 0 aliphatic carbocycles. The Kier molecular flexibility index (Phi) is 5.92. The van der Waals surface area contributed by atoms with Gasteiger partial charge in [0.1, 0.15) is 10.7 Å². The van der Waals surface area contributed by atoms with Crippen LogP contribution in [0.5, 0.6) is 0 Å². The maximum absolute atomic E-state index is 14.8.